The van der Waals surface area contributed by atoms with Gasteiger partial charge < -0.3 is 19.7 Å². The van der Waals surface area contributed by atoms with Crippen molar-refractivity contribution < 1.29 is 29.3 Å². The molecule has 0 spiro atoms. The van der Waals surface area contributed by atoms with Crippen LogP contribution in [0.1, 0.15) is 33.1 Å². The highest BCUT2D eigenvalue weighted by Gasteiger charge is 2.19. The number of rotatable bonds is 12. The molecule has 12 heteroatoms. The van der Waals surface area contributed by atoms with Gasteiger partial charge in [-0.3, -0.25) is 0 Å². The molecule has 31 heavy (non-hydrogen) atoms. The maximum absolute atomic E-state index is 12.7. The lowest BCUT2D eigenvalue weighted by Gasteiger charge is -2.17. The highest BCUT2D eigenvalue weighted by atomic mass is 16.5. The third kappa shape index (κ3) is 7.64. The Morgan fingerprint density at radius 3 is 1.94 bits per heavy atom. The topological polar surface area (TPSA) is 159 Å². The van der Waals surface area contributed by atoms with Crippen molar-refractivity contribution in [3.05, 3.63) is 43.6 Å². The summed E-state index contributed by atoms with van der Waals surface area (Å²) in [6.07, 6.45) is 0.717. The summed E-state index contributed by atoms with van der Waals surface area (Å²) < 4.78 is 11.4. The smallest absolute Gasteiger partial charge is 0.336 e. The first kappa shape index (κ1) is 26.0. The maximum atomic E-state index is 12.7. The Labute approximate surface area is 177 Å². The average molecular weight is 443 g/mol. The van der Waals surface area contributed by atoms with Crippen LogP contribution < -0.4 is 17.1 Å². The average Bonchev–Trinajstić information content (AvgIpc) is 2.76. The second kappa shape index (κ2) is 12.6. The van der Waals surface area contributed by atoms with Gasteiger partial charge in [0.1, 0.15) is 12.7 Å². The molecule has 0 aromatic carbocycles. The lowest BCUT2D eigenvalue weighted by molar-refractivity contribution is -0.141. The molecule has 0 aliphatic rings. The van der Waals surface area contributed by atoms with Gasteiger partial charge in [0.2, 0.25) is 0 Å². The van der Waals surface area contributed by atoms with Gasteiger partial charge in [-0.15, -0.1) is 0 Å². The van der Waals surface area contributed by atoms with E-state index in [2.05, 4.69) is 4.74 Å². The van der Waals surface area contributed by atoms with Crippen LogP contribution in [0.15, 0.2) is 26.5 Å². The fourth-order valence-corrected chi connectivity index (χ4v) is 2.54. The minimum Gasteiger partial charge on any atom is -0.466 e. The lowest BCUT2D eigenvalue weighted by atomic mass is 10.3. The van der Waals surface area contributed by atoms with Gasteiger partial charge in [-0.1, -0.05) is 20.3 Å². The summed E-state index contributed by atoms with van der Waals surface area (Å²) in [5.74, 6) is -1.71. The molecule has 0 amide bonds. The highest BCUT2D eigenvalue weighted by molar-refractivity contribution is 5.91. The summed E-state index contributed by atoms with van der Waals surface area (Å²) in [4.78, 5) is 60.5. The zero-order chi connectivity index (χ0) is 23.6. The molecular weight excluding hydrogens is 414 g/mol. The number of hydrogen-bond donors (Lipinski definition) is 2. The second-order valence-corrected chi connectivity index (χ2v) is 6.78. The molecular formula is C19H29N3O9. The molecule has 1 aromatic heterocycles. The summed E-state index contributed by atoms with van der Waals surface area (Å²) in [6.45, 7) is 2.20. The Hall–Kier alpha value is -2.99. The van der Waals surface area contributed by atoms with Crippen molar-refractivity contribution in [2.75, 3.05) is 13.7 Å². The molecule has 0 aliphatic carbocycles. The van der Waals surface area contributed by atoms with Crippen LogP contribution in [0.4, 0.5) is 0 Å². The number of ether oxygens (including phenoxy) is 2. The summed E-state index contributed by atoms with van der Waals surface area (Å²) in [7, 11) is 1.13. The second-order valence-electron chi connectivity index (χ2n) is 6.78. The van der Waals surface area contributed by atoms with E-state index < -0.39 is 54.4 Å². The Bertz CT molecular complexity index is 958. The van der Waals surface area contributed by atoms with Gasteiger partial charge in [-0.2, -0.15) is 0 Å². The first-order chi connectivity index (χ1) is 14.7. The molecule has 0 saturated carbocycles. The van der Waals surface area contributed by atoms with Crippen molar-refractivity contribution in [3.63, 3.8) is 0 Å². The van der Waals surface area contributed by atoms with Crippen LogP contribution in [0, 0.1) is 0 Å². The zero-order valence-electron chi connectivity index (χ0n) is 17.9. The SMILES string of the molecule is CCCCn1c(=O)n(CC(O)CC)c(=O)n(CC(O)COC(=O)/C=C/C(=O)OC)c1=O. The third-order valence-corrected chi connectivity index (χ3v) is 4.35. The van der Waals surface area contributed by atoms with Crippen molar-refractivity contribution in [1.82, 2.24) is 13.7 Å². The molecule has 0 fully saturated rings. The quantitative estimate of drug-likeness (QED) is 0.286. The van der Waals surface area contributed by atoms with Gasteiger partial charge in [-0.05, 0) is 12.8 Å². The predicted molar refractivity (Wildman–Crippen MR) is 109 cm³/mol. The highest BCUT2D eigenvalue weighted by Crippen LogP contribution is 1.95. The fourth-order valence-electron chi connectivity index (χ4n) is 2.54. The molecule has 1 rings (SSSR count). The van der Waals surface area contributed by atoms with Gasteiger partial charge in [0.25, 0.3) is 0 Å². The first-order valence-corrected chi connectivity index (χ1v) is 9.89. The molecule has 12 nitrogen and oxygen atoms in total. The number of esters is 2. The minimum absolute atomic E-state index is 0.0695. The van der Waals surface area contributed by atoms with Crippen molar-refractivity contribution in [3.8, 4) is 0 Å². The van der Waals surface area contributed by atoms with E-state index in [-0.39, 0.29) is 19.5 Å². The van der Waals surface area contributed by atoms with E-state index in [0.717, 1.165) is 28.4 Å². The fraction of sp³-hybridized carbons (Fsp3) is 0.632. The number of hydrogen-bond acceptors (Lipinski definition) is 9. The summed E-state index contributed by atoms with van der Waals surface area (Å²) in [6, 6.07) is 0. The van der Waals surface area contributed by atoms with E-state index in [1.807, 2.05) is 6.92 Å². The van der Waals surface area contributed by atoms with E-state index in [1.165, 1.54) is 0 Å². The molecule has 2 N–H and O–H groups in total. The molecule has 0 aliphatic heterocycles. The van der Waals surface area contributed by atoms with Gasteiger partial charge in [0.05, 0.1) is 26.3 Å². The minimum atomic E-state index is -1.44. The van der Waals surface area contributed by atoms with E-state index in [9.17, 15) is 34.2 Å². The van der Waals surface area contributed by atoms with Crippen LogP contribution in [0.25, 0.3) is 0 Å². The van der Waals surface area contributed by atoms with Crippen LogP contribution in [0.3, 0.4) is 0 Å². The van der Waals surface area contributed by atoms with E-state index in [4.69, 9.17) is 4.74 Å². The van der Waals surface area contributed by atoms with Gasteiger partial charge in [0, 0.05) is 18.7 Å². The Morgan fingerprint density at radius 1 is 0.903 bits per heavy atom. The van der Waals surface area contributed by atoms with Crippen molar-refractivity contribution in [1.29, 1.82) is 0 Å². The van der Waals surface area contributed by atoms with Crippen LogP contribution in [-0.2, 0) is 38.7 Å². The monoisotopic (exact) mass is 443 g/mol. The molecule has 2 unspecified atom stereocenters. The van der Waals surface area contributed by atoms with Gasteiger partial charge in [-0.25, -0.2) is 37.7 Å². The molecule has 0 radical (unpaired) electrons. The van der Waals surface area contributed by atoms with Crippen LogP contribution in [-0.4, -0.2) is 61.8 Å². The van der Waals surface area contributed by atoms with Crippen LogP contribution >= 0.6 is 0 Å². The summed E-state index contributed by atoms with van der Waals surface area (Å²) in [5, 5.41) is 20.0. The predicted octanol–water partition coefficient (Wildman–Crippen LogP) is -1.62. The number of unbranched alkanes of at least 4 members (excludes halogenated alkanes) is 1. The number of carbonyl (C=O) groups is 2. The van der Waals surface area contributed by atoms with Crippen molar-refractivity contribution in [2.24, 2.45) is 0 Å². The molecule has 2 atom stereocenters. The Kier molecular flexibility index (Phi) is 10.6. The molecule has 1 heterocycles. The zero-order valence-corrected chi connectivity index (χ0v) is 17.9. The normalized spacial score (nSPS) is 13.2. The molecule has 0 bridgehead atoms. The van der Waals surface area contributed by atoms with Gasteiger partial charge >= 0.3 is 29.0 Å². The molecule has 1 aromatic rings. The third-order valence-electron chi connectivity index (χ3n) is 4.35. The largest absolute Gasteiger partial charge is 0.466 e. The lowest BCUT2D eigenvalue weighted by Crippen LogP contribution is -2.56. The number of nitrogens with zero attached hydrogens (tertiary/aromatic N) is 3. The van der Waals surface area contributed by atoms with E-state index >= 15 is 0 Å². The number of aliphatic hydroxyl groups excluding tert-OH is 2. The van der Waals surface area contributed by atoms with E-state index in [1.54, 1.807) is 6.92 Å². The number of carbonyl (C=O) groups excluding carboxylic acids is 2. The number of methoxy groups -OCH3 is 1. The first-order valence-electron chi connectivity index (χ1n) is 9.89. The van der Waals surface area contributed by atoms with Crippen molar-refractivity contribution >= 4 is 11.9 Å². The summed E-state index contributed by atoms with van der Waals surface area (Å²) in [5.41, 5.74) is -2.71. The Morgan fingerprint density at radius 2 is 1.42 bits per heavy atom. The van der Waals surface area contributed by atoms with Crippen LogP contribution in [0.5, 0.6) is 0 Å². The van der Waals surface area contributed by atoms with Crippen LogP contribution in [0.2, 0.25) is 0 Å². The number of aromatic nitrogens is 3. The molecule has 174 valence electrons. The Balaban J connectivity index is 3.13. The van der Waals surface area contributed by atoms with E-state index in [0.29, 0.717) is 17.4 Å². The number of aliphatic hydroxyl groups is 2. The summed E-state index contributed by atoms with van der Waals surface area (Å²) >= 11 is 0. The van der Waals surface area contributed by atoms with Gasteiger partial charge in [0.15, 0.2) is 0 Å². The standard InChI is InChI=1S/C19H29N3O9/c1-4-6-9-20-17(27)21(10-13(23)5-2)19(29)22(18(20)28)11-14(24)12-31-16(26)8-7-15(25)30-3/h7-8,13-14,23-24H,4-6,9-12H2,1-3H3/b8-7+. The van der Waals surface area contributed by atoms with Crippen molar-refractivity contribution in [2.45, 2.75) is 65.0 Å². The molecule has 0 saturated heterocycles. The maximum Gasteiger partial charge on any atom is 0.336 e.